The molecular formula is C13H10FN3O4. The van der Waals surface area contributed by atoms with Crippen molar-refractivity contribution >= 4 is 23.2 Å². The molecule has 108 valence electrons. The number of nitrogens with one attached hydrogen (secondary N) is 1. The molecule has 0 fully saturated rings. The molecule has 1 heterocycles. The van der Waals surface area contributed by atoms with Crippen molar-refractivity contribution in [3.63, 3.8) is 0 Å². The first-order chi connectivity index (χ1) is 9.88. The molecular weight excluding hydrogens is 281 g/mol. The minimum Gasteiger partial charge on any atom is -0.478 e. The Kier molecular flexibility index (Phi) is 3.79. The van der Waals surface area contributed by atoms with E-state index in [1.807, 2.05) is 0 Å². The molecule has 0 spiro atoms. The summed E-state index contributed by atoms with van der Waals surface area (Å²) < 4.78 is 13.8. The lowest BCUT2D eigenvalue weighted by Crippen LogP contribution is -2.02. The minimum absolute atomic E-state index is 0.0319. The van der Waals surface area contributed by atoms with E-state index in [1.165, 1.54) is 18.2 Å². The Morgan fingerprint density at radius 1 is 1.43 bits per heavy atom. The topological polar surface area (TPSA) is 105 Å². The molecule has 0 aliphatic rings. The van der Waals surface area contributed by atoms with Gasteiger partial charge in [0, 0.05) is 6.07 Å². The summed E-state index contributed by atoms with van der Waals surface area (Å²) in [7, 11) is 0. The quantitative estimate of drug-likeness (QED) is 0.662. The Balaban J connectivity index is 2.30. The smallest absolute Gasteiger partial charge is 0.335 e. The summed E-state index contributed by atoms with van der Waals surface area (Å²) in [6, 6.07) is 4.69. The Labute approximate surface area is 118 Å². The molecule has 0 unspecified atom stereocenters. The molecule has 0 saturated carbocycles. The number of pyridine rings is 1. The average molecular weight is 291 g/mol. The number of carboxylic acids is 1. The van der Waals surface area contributed by atoms with Gasteiger partial charge in [-0.3, -0.25) is 10.1 Å². The number of hydrogen-bond acceptors (Lipinski definition) is 5. The maximum absolute atomic E-state index is 13.8. The largest absolute Gasteiger partial charge is 0.478 e. The highest BCUT2D eigenvalue weighted by molar-refractivity contribution is 5.88. The number of aryl methyl sites for hydroxylation is 1. The number of aromatic carboxylic acids is 1. The number of hydrogen-bond donors (Lipinski definition) is 2. The monoisotopic (exact) mass is 291 g/mol. The van der Waals surface area contributed by atoms with Crippen molar-refractivity contribution in [2.75, 3.05) is 5.32 Å². The SMILES string of the molecule is Cc1cc([N+](=O)[O-])cnc1Nc1ccc(C(=O)O)cc1F. The third kappa shape index (κ3) is 3.11. The van der Waals surface area contributed by atoms with Crippen LogP contribution < -0.4 is 5.32 Å². The van der Waals surface area contributed by atoms with Gasteiger partial charge in [-0.2, -0.15) is 0 Å². The number of benzene rings is 1. The van der Waals surface area contributed by atoms with Gasteiger partial charge in [0.15, 0.2) is 0 Å². The van der Waals surface area contributed by atoms with Gasteiger partial charge >= 0.3 is 5.97 Å². The van der Waals surface area contributed by atoms with Crippen molar-refractivity contribution in [3.8, 4) is 0 Å². The van der Waals surface area contributed by atoms with Crippen molar-refractivity contribution < 1.29 is 19.2 Å². The van der Waals surface area contributed by atoms with Crippen LogP contribution >= 0.6 is 0 Å². The Hall–Kier alpha value is -3.03. The second-order valence-electron chi connectivity index (χ2n) is 4.24. The van der Waals surface area contributed by atoms with Crippen molar-refractivity contribution in [2.45, 2.75) is 6.92 Å². The Morgan fingerprint density at radius 3 is 2.67 bits per heavy atom. The summed E-state index contributed by atoms with van der Waals surface area (Å²) in [5, 5.41) is 22.0. The van der Waals surface area contributed by atoms with E-state index in [-0.39, 0.29) is 22.8 Å². The molecule has 0 amide bonds. The van der Waals surface area contributed by atoms with Crippen LogP contribution in [0.4, 0.5) is 21.6 Å². The van der Waals surface area contributed by atoms with E-state index in [4.69, 9.17) is 5.11 Å². The van der Waals surface area contributed by atoms with Crippen LogP contribution in [-0.2, 0) is 0 Å². The number of aromatic nitrogens is 1. The molecule has 2 aromatic rings. The van der Waals surface area contributed by atoms with Gasteiger partial charge in [-0.15, -0.1) is 0 Å². The predicted octanol–water partition coefficient (Wildman–Crippen LogP) is 2.88. The second kappa shape index (κ2) is 5.53. The van der Waals surface area contributed by atoms with Crippen molar-refractivity contribution in [1.82, 2.24) is 4.98 Å². The van der Waals surface area contributed by atoms with Crippen LogP contribution in [0.15, 0.2) is 30.5 Å². The highest BCUT2D eigenvalue weighted by Crippen LogP contribution is 2.24. The second-order valence-corrected chi connectivity index (χ2v) is 4.24. The first-order valence-electron chi connectivity index (χ1n) is 5.79. The number of nitrogens with zero attached hydrogens (tertiary/aromatic N) is 2. The Bertz CT molecular complexity index is 672. The number of anilines is 2. The van der Waals surface area contributed by atoms with Crippen LogP contribution in [0.1, 0.15) is 15.9 Å². The lowest BCUT2D eigenvalue weighted by atomic mass is 10.2. The van der Waals surface area contributed by atoms with E-state index in [0.717, 1.165) is 12.3 Å². The fourth-order valence-corrected chi connectivity index (χ4v) is 1.67. The first-order valence-corrected chi connectivity index (χ1v) is 5.79. The number of rotatable bonds is 4. The lowest BCUT2D eigenvalue weighted by molar-refractivity contribution is -0.385. The molecule has 2 N–H and O–H groups in total. The molecule has 21 heavy (non-hydrogen) atoms. The van der Waals surface area contributed by atoms with E-state index in [2.05, 4.69) is 10.3 Å². The van der Waals surface area contributed by atoms with Crippen LogP contribution in [0.2, 0.25) is 0 Å². The van der Waals surface area contributed by atoms with E-state index in [9.17, 15) is 19.3 Å². The van der Waals surface area contributed by atoms with Crippen LogP contribution in [-0.4, -0.2) is 21.0 Å². The molecule has 0 saturated heterocycles. The summed E-state index contributed by atoms with van der Waals surface area (Å²) in [5.41, 5.74) is 0.154. The highest BCUT2D eigenvalue weighted by atomic mass is 19.1. The summed E-state index contributed by atoms with van der Waals surface area (Å²) in [5.74, 6) is -1.73. The van der Waals surface area contributed by atoms with Crippen LogP contribution in [0.5, 0.6) is 0 Å². The third-order valence-corrected chi connectivity index (χ3v) is 2.74. The van der Waals surface area contributed by atoms with Gasteiger partial charge in [0.25, 0.3) is 5.69 Å². The van der Waals surface area contributed by atoms with E-state index in [1.54, 1.807) is 6.92 Å². The summed E-state index contributed by atoms with van der Waals surface area (Å²) >= 11 is 0. The molecule has 0 atom stereocenters. The minimum atomic E-state index is -1.23. The van der Waals surface area contributed by atoms with Crippen molar-refractivity contribution in [3.05, 3.63) is 57.5 Å². The van der Waals surface area contributed by atoms with Gasteiger partial charge < -0.3 is 10.4 Å². The van der Waals surface area contributed by atoms with Crippen molar-refractivity contribution in [1.29, 1.82) is 0 Å². The number of carbonyl (C=O) groups is 1. The van der Waals surface area contributed by atoms with Crippen LogP contribution in [0.25, 0.3) is 0 Å². The zero-order valence-corrected chi connectivity index (χ0v) is 10.8. The molecule has 0 aliphatic carbocycles. The Morgan fingerprint density at radius 2 is 2.14 bits per heavy atom. The molecule has 8 heteroatoms. The number of halogens is 1. The molecule has 1 aromatic heterocycles. The lowest BCUT2D eigenvalue weighted by Gasteiger charge is -2.09. The van der Waals surface area contributed by atoms with Gasteiger partial charge in [0.1, 0.15) is 17.8 Å². The zero-order valence-electron chi connectivity index (χ0n) is 10.8. The fourth-order valence-electron chi connectivity index (χ4n) is 1.67. The summed E-state index contributed by atoms with van der Waals surface area (Å²) in [6.07, 6.45) is 1.05. The summed E-state index contributed by atoms with van der Waals surface area (Å²) in [6.45, 7) is 1.59. The van der Waals surface area contributed by atoms with Gasteiger partial charge in [-0.05, 0) is 30.7 Å². The van der Waals surface area contributed by atoms with E-state index in [0.29, 0.717) is 5.56 Å². The maximum atomic E-state index is 13.8. The molecule has 0 aliphatic heterocycles. The molecule has 2 rings (SSSR count). The fraction of sp³-hybridized carbons (Fsp3) is 0.0769. The third-order valence-electron chi connectivity index (χ3n) is 2.74. The van der Waals surface area contributed by atoms with E-state index < -0.39 is 16.7 Å². The average Bonchev–Trinajstić information content (AvgIpc) is 2.42. The van der Waals surface area contributed by atoms with Crippen molar-refractivity contribution in [2.24, 2.45) is 0 Å². The number of carboxylic acid groups (broad SMARTS) is 1. The highest BCUT2D eigenvalue weighted by Gasteiger charge is 2.12. The van der Waals surface area contributed by atoms with Crippen LogP contribution in [0, 0.1) is 22.9 Å². The van der Waals surface area contributed by atoms with Gasteiger partial charge in [0.2, 0.25) is 0 Å². The standard InChI is InChI=1S/C13H10FN3O4/c1-7-4-9(17(20)21)6-15-12(7)16-11-3-2-8(13(18)19)5-10(11)14/h2-6H,1H3,(H,15,16)(H,18,19). The molecule has 0 bridgehead atoms. The molecule has 0 radical (unpaired) electrons. The van der Waals surface area contributed by atoms with Gasteiger partial charge in [-0.1, -0.05) is 0 Å². The normalized spacial score (nSPS) is 10.2. The first kappa shape index (κ1) is 14.4. The van der Waals surface area contributed by atoms with E-state index >= 15 is 0 Å². The number of nitro groups is 1. The predicted molar refractivity (Wildman–Crippen MR) is 72.3 cm³/mol. The summed E-state index contributed by atoms with van der Waals surface area (Å²) in [4.78, 5) is 24.6. The van der Waals surface area contributed by atoms with Gasteiger partial charge in [-0.25, -0.2) is 14.2 Å². The zero-order chi connectivity index (χ0) is 15.6. The van der Waals surface area contributed by atoms with Crippen LogP contribution in [0.3, 0.4) is 0 Å². The molecule has 7 nitrogen and oxygen atoms in total. The maximum Gasteiger partial charge on any atom is 0.335 e. The van der Waals surface area contributed by atoms with Gasteiger partial charge in [0.05, 0.1) is 16.2 Å². The molecule has 1 aromatic carbocycles.